The normalized spacial score (nSPS) is 50.7. The van der Waals surface area contributed by atoms with Crippen molar-refractivity contribution in [3.8, 4) is 0 Å². The van der Waals surface area contributed by atoms with E-state index in [1.807, 2.05) is 0 Å². The van der Waals surface area contributed by atoms with Crippen molar-refractivity contribution in [3.63, 3.8) is 0 Å². The van der Waals surface area contributed by atoms with Gasteiger partial charge >= 0.3 is 0 Å². The van der Waals surface area contributed by atoms with Crippen molar-refractivity contribution in [2.75, 3.05) is 6.54 Å². The van der Waals surface area contributed by atoms with Crippen LogP contribution >= 0.6 is 0 Å². The summed E-state index contributed by atoms with van der Waals surface area (Å²) < 4.78 is 6.00. The van der Waals surface area contributed by atoms with E-state index < -0.39 is 0 Å². The Morgan fingerprint density at radius 2 is 1.86 bits per heavy atom. The van der Waals surface area contributed by atoms with E-state index in [0.29, 0.717) is 28.9 Å². The first-order valence-electron chi connectivity index (χ1n) is 8.67. The largest absolute Gasteiger partial charge is 0.374 e. The maximum absolute atomic E-state index is 13.3. The number of likely N-dealkylation sites (tertiary alicyclic amines) is 1. The third kappa shape index (κ3) is 1.99. The lowest BCUT2D eigenvalue weighted by atomic mass is 9.65. The van der Waals surface area contributed by atoms with Crippen LogP contribution < -0.4 is 0 Å². The van der Waals surface area contributed by atoms with Crippen molar-refractivity contribution in [3.05, 3.63) is 0 Å². The van der Waals surface area contributed by atoms with Gasteiger partial charge in [-0.25, -0.2) is 0 Å². The lowest BCUT2D eigenvalue weighted by Gasteiger charge is -2.40. The quantitative estimate of drug-likeness (QED) is 0.741. The predicted molar refractivity (Wildman–Crippen MR) is 81.9 cm³/mol. The molecule has 3 heteroatoms. The molecular weight excluding hydrogens is 262 g/mol. The molecule has 0 aromatic carbocycles. The zero-order valence-corrected chi connectivity index (χ0v) is 13.9. The number of amides is 1. The fourth-order valence-electron chi connectivity index (χ4n) is 6.18. The van der Waals surface area contributed by atoms with Crippen LogP contribution in [0.5, 0.6) is 0 Å². The van der Waals surface area contributed by atoms with Gasteiger partial charge in [0.05, 0.1) is 17.6 Å². The molecule has 21 heavy (non-hydrogen) atoms. The zero-order valence-electron chi connectivity index (χ0n) is 13.9. The number of fused-ring (bicyclic) bond motifs is 4. The van der Waals surface area contributed by atoms with Crippen molar-refractivity contribution < 1.29 is 9.53 Å². The van der Waals surface area contributed by atoms with Gasteiger partial charge in [-0.3, -0.25) is 4.79 Å². The smallest absolute Gasteiger partial charge is 0.231 e. The summed E-state index contributed by atoms with van der Waals surface area (Å²) in [6.45, 7) is 10.2. The molecule has 3 aliphatic heterocycles. The van der Waals surface area contributed by atoms with E-state index in [1.54, 1.807) is 0 Å². The Bertz CT molecular complexity index is 488. The minimum absolute atomic E-state index is 0.177. The minimum atomic E-state index is -0.249. The Morgan fingerprint density at radius 1 is 1.10 bits per heavy atom. The van der Waals surface area contributed by atoms with Crippen LogP contribution in [0.15, 0.2) is 0 Å². The van der Waals surface area contributed by atoms with Crippen molar-refractivity contribution in [1.29, 1.82) is 0 Å². The van der Waals surface area contributed by atoms with Gasteiger partial charge in [0.15, 0.2) is 0 Å². The summed E-state index contributed by atoms with van der Waals surface area (Å²) in [6.07, 6.45) is 7.32. The van der Waals surface area contributed by atoms with Gasteiger partial charge in [0.25, 0.3) is 0 Å². The van der Waals surface area contributed by atoms with Crippen LogP contribution in [0.3, 0.4) is 0 Å². The highest BCUT2D eigenvalue weighted by molar-refractivity contribution is 5.84. The molecule has 1 aliphatic carbocycles. The summed E-state index contributed by atoms with van der Waals surface area (Å²) in [5.41, 5.74) is 0.455. The first-order chi connectivity index (χ1) is 9.71. The number of ether oxygens (including phenoxy) is 1. The summed E-state index contributed by atoms with van der Waals surface area (Å²) >= 11 is 0. The third-order valence-electron chi connectivity index (χ3n) is 6.63. The molecule has 3 heterocycles. The molecule has 0 spiro atoms. The molecule has 2 unspecified atom stereocenters. The second-order valence-corrected chi connectivity index (χ2v) is 9.59. The van der Waals surface area contributed by atoms with E-state index in [-0.39, 0.29) is 11.5 Å². The van der Waals surface area contributed by atoms with Crippen LogP contribution in [0.2, 0.25) is 0 Å². The molecule has 3 saturated heterocycles. The van der Waals surface area contributed by atoms with Crippen molar-refractivity contribution >= 4 is 5.91 Å². The molecule has 4 fully saturated rings. The maximum Gasteiger partial charge on any atom is 0.231 e. The Labute approximate surface area is 128 Å². The van der Waals surface area contributed by atoms with Crippen molar-refractivity contribution in [1.82, 2.24) is 4.90 Å². The van der Waals surface area contributed by atoms with Crippen LogP contribution in [-0.2, 0) is 9.53 Å². The molecule has 0 aromatic heterocycles. The average molecular weight is 291 g/mol. The Balaban J connectivity index is 1.59. The van der Waals surface area contributed by atoms with Crippen molar-refractivity contribution in [2.45, 2.75) is 84.5 Å². The summed E-state index contributed by atoms with van der Waals surface area (Å²) in [5.74, 6) is 0.390. The standard InChI is InChI=1S/C18H29NO2/c1-16(2)7-12-8-17(3,10-16)11-19(12)15(20)18(4)9-13-5-6-14(18)21-13/h12-14H,5-11H2,1-4H3/t12?,13-,14+,17?,18+/m1/s1. The molecule has 5 atom stereocenters. The number of carbonyl (C=O) groups is 1. The number of rotatable bonds is 1. The van der Waals surface area contributed by atoms with E-state index in [9.17, 15) is 4.79 Å². The average Bonchev–Trinajstić information content (AvgIpc) is 2.98. The zero-order chi connectivity index (χ0) is 15.0. The van der Waals surface area contributed by atoms with Crippen LogP contribution in [0.25, 0.3) is 0 Å². The van der Waals surface area contributed by atoms with Gasteiger partial charge in [0.1, 0.15) is 0 Å². The van der Waals surface area contributed by atoms with E-state index in [4.69, 9.17) is 4.74 Å². The Hall–Kier alpha value is -0.570. The van der Waals surface area contributed by atoms with Crippen LogP contribution in [0.4, 0.5) is 0 Å². The molecule has 1 amide bonds. The number of hydrogen-bond acceptors (Lipinski definition) is 2. The summed E-state index contributed by atoms with van der Waals surface area (Å²) in [7, 11) is 0. The van der Waals surface area contributed by atoms with Gasteiger partial charge in [-0.05, 0) is 56.3 Å². The summed E-state index contributed by atoms with van der Waals surface area (Å²) in [4.78, 5) is 15.5. The highest BCUT2D eigenvalue weighted by Crippen LogP contribution is 2.55. The van der Waals surface area contributed by atoms with Gasteiger partial charge in [-0.2, -0.15) is 0 Å². The van der Waals surface area contributed by atoms with Crippen LogP contribution in [0.1, 0.15) is 66.2 Å². The summed E-state index contributed by atoms with van der Waals surface area (Å²) in [5, 5.41) is 0. The molecule has 4 aliphatic rings. The van der Waals surface area contributed by atoms with Gasteiger partial charge in [-0.15, -0.1) is 0 Å². The second kappa shape index (κ2) is 4.04. The molecular formula is C18H29NO2. The fraction of sp³-hybridized carbons (Fsp3) is 0.944. The first kappa shape index (κ1) is 14.0. The van der Waals surface area contributed by atoms with E-state index in [2.05, 4.69) is 32.6 Å². The monoisotopic (exact) mass is 291 g/mol. The maximum atomic E-state index is 13.3. The Kier molecular flexibility index (Phi) is 2.70. The second-order valence-electron chi connectivity index (χ2n) is 9.59. The predicted octanol–water partition coefficient (Wildman–Crippen LogP) is 3.37. The highest BCUT2D eigenvalue weighted by Gasteiger charge is 2.59. The highest BCUT2D eigenvalue weighted by atomic mass is 16.5. The molecule has 0 aromatic rings. The van der Waals surface area contributed by atoms with Gasteiger partial charge in [0.2, 0.25) is 5.91 Å². The van der Waals surface area contributed by atoms with E-state index in [0.717, 1.165) is 25.8 Å². The molecule has 1 saturated carbocycles. The topological polar surface area (TPSA) is 29.5 Å². The van der Waals surface area contributed by atoms with Gasteiger partial charge in [-0.1, -0.05) is 20.8 Å². The summed E-state index contributed by atoms with van der Waals surface area (Å²) in [6, 6.07) is 0.460. The van der Waals surface area contributed by atoms with Crippen LogP contribution in [-0.4, -0.2) is 35.6 Å². The van der Waals surface area contributed by atoms with Gasteiger partial charge < -0.3 is 9.64 Å². The van der Waals surface area contributed by atoms with Crippen molar-refractivity contribution in [2.24, 2.45) is 16.2 Å². The number of nitrogens with zero attached hydrogens (tertiary/aromatic N) is 1. The molecule has 0 N–H and O–H groups in total. The lowest BCUT2D eigenvalue weighted by molar-refractivity contribution is -0.145. The third-order valence-corrected chi connectivity index (χ3v) is 6.63. The minimum Gasteiger partial charge on any atom is -0.374 e. The fourth-order valence-corrected chi connectivity index (χ4v) is 6.18. The molecule has 4 rings (SSSR count). The molecule has 0 radical (unpaired) electrons. The van der Waals surface area contributed by atoms with E-state index in [1.165, 1.54) is 19.3 Å². The molecule has 4 bridgehead atoms. The van der Waals surface area contributed by atoms with E-state index >= 15 is 0 Å². The van der Waals surface area contributed by atoms with Gasteiger partial charge in [0, 0.05) is 12.6 Å². The molecule has 3 nitrogen and oxygen atoms in total. The Morgan fingerprint density at radius 3 is 2.48 bits per heavy atom. The lowest BCUT2D eigenvalue weighted by Crippen LogP contribution is -2.49. The molecule has 118 valence electrons. The SMILES string of the molecule is CC1(C)CC2CC(C)(CN2C(=O)[C@@]2(C)C[C@H]3CC[C@@H]2O3)C1. The number of carbonyl (C=O) groups excluding carboxylic acids is 1. The number of hydrogen-bond donors (Lipinski definition) is 0. The van der Waals surface area contributed by atoms with Crippen LogP contribution in [0, 0.1) is 16.2 Å². The first-order valence-corrected chi connectivity index (χ1v) is 8.67.